The van der Waals surface area contributed by atoms with E-state index in [1.165, 1.54) is 4.90 Å². The first-order valence-corrected chi connectivity index (χ1v) is 9.79. The van der Waals surface area contributed by atoms with Crippen LogP contribution in [0.3, 0.4) is 0 Å². The van der Waals surface area contributed by atoms with Gasteiger partial charge in [-0.15, -0.1) is 11.3 Å². The molecule has 27 heavy (non-hydrogen) atoms. The fourth-order valence-corrected chi connectivity index (χ4v) is 3.70. The number of hydrogen-bond donors (Lipinski definition) is 2. The zero-order valence-electron chi connectivity index (χ0n) is 16.5. The predicted molar refractivity (Wildman–Crippen MR) is 105 cm³/mol. The van der Waals surface area contributed by atoms with Gasteiger partial charge in [0, 0.05) is 12.0 Å². The number of anilines is 1. The molecule has 1 saturated heterocycles. The van der Waals surface area contributed by atoms with Gasteiger partial charge in [0.2, 0.25) is 0 Å². The van der Waals surface area contributed by atoms with Gasteiger partial charge in [0.15, 0.2) is 0 Å². The number of carboxylic acid groups (broad SMARTS) is 1. The van der Waals surface area contributed by atoms with Crippen LogP contribution in [0.25, 0.3) is 0 Å². The molecule has 1 fully saturated rings. The van der Waals surface area contributed by atoms with Gasteiger partial charge in [-0.1, -0.05) is 11.8 Å². The van der Waals surface area contributed by atoms with Gasteiger partial charge in [0.1, 0.15) is 10.5 Å². The van der Waals surface area contributed by atoms with Crippen LogP contribution in [0.5, 0.6) is 0 Å². The first-order chi connectivity index (χ1) is 12.5. The smallest absolute Gasteiger partial charge is 0.348 e. The maximum atomic E-state index is 13.2. The summed E-state index contributed by atoms with van der Waals surface area (Å²) in [5.74, 6) is 4.76. The predicted octanol–water partition coefficient (Wildman–Crippen LogP) is 3.13. The number of morpholine rings is 1. The average molecular weight is 394 g/mol. The number of carbonyl (C=O) groups is 2. The molecule has 1 amide bonds. The molecule has 1 aliphatic rings. The first-order valence-electron chi connectivity index (χ1n) is 8.97. The van der Waals surface area contributed by atoms with Gasteiger partial charge in [-0.2, -0.15) is 0 Å². The van der Waals surface area contributed by atoms with E-state index in [4.69, 9.17) is 9.84 Å². The molecule has 148 valence electrons. The molecule has 2 N–H and O–H groups in total. The molecule has 0 aromatic carbocycles. The maximum absolute atomic E-state index is 13.2. The Morgan fingerprint density at radius 2 is 2.15 bits per heavy atom. The summed E-state index contributed by atoms with van der Waals surface area (Å²) >= 11 is 1.08. The van der Waals surface area contributed by atoms with E-state index in [0.29, 0.717) is 30.0 Å². The van der Waals surface area contributed by atoms with Crippen molar-refractivity contribution < 1.29 is 24.5 Å². The lowest BCUT2D eigenvalue weighted by Crippen LogP contribution is -2.59. The second kappa shape index (κ2) is 8.01. The number of hydrogen-bond acceptors (Lipinski definition) is 5. The van der Waals surface area contributed by atoms with Crippen molar-refractivity contribution in [1.82, 2.24) is 0 Å². The number of aliphatic hydroxyl groups is 1. The van der Waals surface area contributed by atoms with Crippen LogP contribution in [0.1, 0.15) is 62.0 Å². The Hall–Kier alpha value is -1.88. The van der Waals surface area contributed by atoms with E-state index >= 15 is 0 Å². The fourth-order valence-electron chi connectivity index (χ4n) is 2.86. The number of aliphatic hydroxyl groups excluding tert-OH is 1. The molecule has 1 aromatic rings. The summed E-state index contributed by atoms with van der Waals surface area (Å²) in [5.41, 5.74) is -0.926. The number of carboxylic acids is 1. The normalized spacial score (nSPS) is 23.1. The monoisotopic (exact) mass is 393 g/mol. The van der Waals surface area contributed by atoms with Crippen LogP contribution in [0.2, 0.25) is 0 Å². The van der Waals surface area contributed by atoms with Gasteiger partial charge >= 0.3 is 5.97 Å². The summed E-state index contributed by atoms with van der Waals surface area (Å²) in [5, 5.41) is 18.7. The van der Waals surface area contributed by atoms with E-state index in [1.54, 1.807) is 13.0 Å². The summed E-state index contributed by atoms with van der Waals surface area (Å²) in [4.78, 5) is 27.2. The Morgan fingerprint density at radius 1 is 1.48 bits per heavy atom. The van der Waals surface area contributed by atoms with Gasteiger partial charge in [0.25, 0.3) is 5.91 Å². The van der Waals surface area contributed by atoms with Crippen molar-refractivity contribution in [3.8, 4) is 11.8 Å². The molecule has 0 radical (unpaired) electrons. The van der Waals surface area contributed by atoms with Crippen LogP contribution in [0, 0.1) is 17.3 Å². The van der Waals surface area contributed by atoms with E-state index in [2.05, 4.69) is 11.8 Å². The Balaban J connectivity index is 2.47. The summed E-state index contributed by atoms with van der Waals surface area (Å²) in [6.07, 6.45) is 0.803. The molecule has 0 unspecified atom stereocenters. The highest BCUT2D eigenvalue weighted by atomic mass is 32.1. The highest BCUT2D eigenvalue weighted by Gasteiger charge is 2.45. The Bertz CT molecular complexity index is 779. The number of aromatic carboxylic acids is 1. The molecule has 2 heterocycles. The van der Waals surface area contributed by atoms with Gasteiger partial charge in [-0.3, -0.25) is 4.79 Å². The quantitative estimate of drug-likeness (QED) is 0.751. The molecule has 2 atom stereocenters. The SMILES string of the molecule is C[C@@H]1CO[C@@](C)(CCCO)C(=O)N1c1cc(C#CC(C)(C)C)sc1C(=O)O. The second-order valence-corrected chi connectivity index (χ2v) is 9.08. The number of nitrogens with zero attached hydrogens (tertiary/aromatic N) is 1. The van der Waals surface area contributed by atoms with E-state index in [-0.39, 0.29) is 28.8 Å². The van der Waals surface area contributed by atoms with E-state index in [1.807, 2.05) is 27.7 Å². The van der Waals surface area contributed by atoms with Crippen molar-refractivity contribution in [3.63, 3.8) is 0 Å². The summed E-state index contributed by atoms with van der Waals surface area (Å²) in [6, 6.07) is 1.38. The average Bonchev–Trinajstić information content (AvgIpc) is 2.99. The maximum Gasteiger partial charge on any atom is 0.348 e. The largest absolute Gasteiger partial charge is 0.477 e. The van der Waals surface area contributed by atoms with Crippen LogP contribution in [-0.2, 0) is 9.53 Å². The molecule has 0 aliphatic carbocycles. The Kier molecular flexibility index (Phi) is 6.35. The van der Waals surface area contributed by atoms with Gasteiger partial charge in [-0.25, -0.2) is 4.79 Å². The first kappa shape index (κ1) is 21.4. The highest BCUT2D eigenvalue weighted by molar-refractivity contribution is 7.15. The third kappa shape index (κ3) is 4.89. The van der Waals surface area contributed by atoms with Crippen molar-refractivity contribution in [2.45, 2.75) is 59.1 Å². The summed E-state index contributed by atoms with van der Waals surface area (Å²) in [6.45, 7) is 9.72. The lowest BCUT2D eigenvalue weighted by atomic mass is 9.94. The van der Waals surface area contributed by atoms with E-state index < -0.39 is 11.6 Å². The van der Waals surface area contributed by atoms with Crippen LogP contribution in [-0.4, -0.2) is 46.9 Å². The van der Waals surface area contributed by atoms with Crippen molar-refractivity contribution in [3.05, 3.63) is 15.8 Å². The number of carbonyl (C=O) groups excluding carboxylic acids is 1. The van der Waals surface area contributed by atoms with Crippen LogP contribution < -0.4 is 4.90 Å². The number of ether oxygens (including phenoxy) is 1. The topological polar surface area (TPSA) is 87.1 Å². The van der Waals surface area contributed by atoms with Crippen molar-refractivity contribution in [2.75, 3.05) is 18.1 Å². The number of rotatable bonds is 5. The van der Waals surface area contributed by atoms with Crippen LogP contribution >= 0.6 is 11.3 Å². The van der Waals surface area contributed by atoms with E-state index in [0.717, 1.165) is 11.3 Å². The van der Waals surface area contributed by atoms with Gasteiger partial charge in [0.05, 0.1) is 23.2 Å². The van der Waals surface area contributed by atoms with Crippen molar-refractivity contribution in [1.29, 1.82) is 0 Å². The molecule has 0 spiro atoms. The molecule has 1 aromatic heterocycles. The molecule has 1 aliphatic heterocycles. The Morgan fingerprint density at radius 3 is 2.70 bits per heavy atom. The zero-order chi connectivity index (χ0) is 20.4. The minimum atomic E-state index is -1.08. The standard InChI is InChI=1S/C20H27NO5S/c1-13-12-26-20(5,8-6-10-22)18(25)21(13)15-11-14(7-9-19(2,3)4)27-16(15)17(23)24/h11,13,22H,6,8,10,12H2,1-5H3,(H,23,24)/t13-,20+/m1/s1. The molecule has 7 heteroatoms. The van der Waals surface area contributed by atoms with Crippen molar-refractivity contribution in [2.24, 2.45) is 5.41 Å². The molecule has 0 saturated carbocycles. The molecular weight excluding hydrogens is 366 g/mol. The summed E-state index contributed by atoms with van der Waals surface area (Å²) < 4.78 is 5.77. The molecule has 6 nitrogen and oxygen atoms in total. The number of thiophene rings is 1. The lowest BCUT2D eigenvalue weighted by Gasteiger charge is -2.43. The molecule has 0 bridgehead atoms. The number of amides is 1. The van der Waals surface area contributed by atoms with Gasteiger partial charge < -0.3 is 19.8 Å². The summed E-state index contributed by atoms with van der Waals surface area (Å²) in [7, 11) is 0. The highest BCUT2D eigenvalue weighted by Crippen LogP contribution is 2.37. The van der Waals surface area contributed by atoms with Crippen molar-refractivity contribution >= 4 is 28.9 Å². The molecular formula is C20H27NO5S. The minimum Gasteiger partial charge on any atom is -0.477 e. The second-order valence-electron chi connectivity index (χ2n) is 8.02. The fraction of sp³-hybridized carbons (Fsp3) is 0.600. The van der Waals surface area contributed by atoms with Gasteiger partial charge in [-0.05, 0) is 53.5 Å². The Labute approximate surface area is 164 Å². The zero-order valence-corrected chi connectivity index (χ0v) is 17.3. The third-order valence-electron chi connectivity index (χ3n) is 4.29. The minimum absolute atomic E-state index is 0.0346. The van der Waals surface area contributed by atoms with E-state index in [9.17, 15) is 14.7 Å². The molecule has 2 rings (SSSR count). The van der Waals surface area contributed by atoms with Crippen LogP contribution in [0.4, 0.5) is 5.69 Å². The third-order valence-corrected chi connectivity index (χ3v) is 5.32. The van der Waals surface area contributed by atoms with Crippen LogP contribution in [0.15, 0.2) is 6.07 Å². The lowest BCUT2D eigenvalue weighted by molar-refractivity contribution is -0.151.